The minimum atomic E-state index is -4.37. The Hall–Kier alpha value is -2.41. The van der Waals surface area contributed by atoms with Gasteiger partial charge in [-0.1, -0.05) is 24.3 Å². The molecule has 0 spiro atoms. The summed E-state index contributed by atoms with van der Waals surface area (Å²) in [6.45, 7) is 0.172. The summed E-state index contributed by atoms with van der Waals surface area (Å²) in [5.41, 5.74) is 0.529. The summed E-state index contributed by atoms with van der Waals surface area (Å²) >= 11 is 0. The Morgan fingerprint density at radius 1 is 1.15 bits per heavy atom. The van der Waals surface area contributed by atoms with Crippen molar-refractivity contribution in [2.24, 2.45) is 0 Å². The van der Waals surface area contributed by atoms with Gasteiger partial charge in [-0.15, -0.1) is 0 Å². The van der Waals surface area contributed by atoms with Crippen LogP contribution in [0, 0.1) is 5.82 Å². The summed E-state index contributed by atoms with van der Waals surface area (Å²) in [5.74, 6) is -0.651. The van der Waals surface area contributed by atoms with Crippen molar-refractivity contribution in [2.75, 3.05) is 13.7 Å². The fraction of sp³-hybridized carbons (Fsp3) is 0.316. The Labute approximate surface area is 149 Å². The molecule has 2 aromatic rings. The van der Waals surface area contributed by atoms with Crippen LogP contribution in [0.3, 0.4) is 0 Å². The highest BCUT2D eigenvalue weighted by Gasteiger charge is 2.29. The number of halogens is 4. The number of amides is 1. The van der Waals surface area contributed by atoms with Crippen molar-refractivity contribution in [3.63, 3.8) is 0 Å². The van der Waals surface area contributed by atoms with Crippen LogP contribution in [0.25, 0.3) is 0 Å². The maximum absolute atomic E-state index is 13.3. The molecule has 1 amide bonds. The van der Waals surface area contributed by atoms with E-state index in [-0.39, 0.29) is 18.9 Å². The van der Waals surface area contributed by atoms with Crippen molar-refractivity contribution in [1.82, 2.24) is 5.32 Å². The maximum atomic E-state index is 13.3. The van der Waals surface area contributed by atoms with E-state index in [2.05, 4.69) is 5.32 Å². The molecule has 0 aliphatic heterocycles. The molecule has 0 radical (unpaired) electrons. The Kier molecular flexibility index (Phi) is 6.74. The first-order valence-corrected chi connectivity index (χ1v) is 8.00. The van der Waals surface area contributed by atoms with Crippen molar-refractivity contribution in [3.05, 3.63) is 71.0 Å². The van der Waals surface area contributed by atoms with Crippen LogP contribution in [0.1, 0.15) is 29.2 Å². The van der Waals surface area contributed by atoms with Crippen molar-refractivity contribution < 1.29 is 27.1 Å². The van der Waals surface area contributed by atoms with Crippen molar-refractivity contribution in [3.8, 4) is 0 Å². The molecule has 0 saturated heterocycles. The second kappa shape index (κ2) is 8.80. The molecule has 2 rings (SSSR count). The minimum Gasteiger partial charge on any atom is -0.375 e. The molecule has 0 fully saturated rings. The van der Waals surface area contributed by atoms with E-state index < -0.39 is 23.7 Å². The topological polar surface area (TPSA) is 38.3 Å². The molecule has 0 saturated carbocycles. The van der Waals surface area contributed by atoms with Crippen LogP contribution in [-0.2, 0) is 22.1 Å². The van der Waals surface area contributed by atoms with E-state index in [1.165, 1.54) is 31.4 Å². The van der Waals surface area contributed by atoms with E-state index in [9.17, 15) is 22.4 Å². The summed E-state index contributed by atoms with van der Waals surface area (Å²) in [4.78, 5) is 11.9. The number of methoxy groups -OCH3 is 1. The summed E-state index contributed by atoms with van der Waals surface area (Å²) in [6, 6.07) is 10.6. The Bertz CT molecular complexity index is 729. The number of alkyl halides is 3. The normalized spacial score (nSPS) is 12.7. The third kappa shape index (κ3) is 5.84. The van der Waals surface area contributed by atoms with Gasteiger partial charge in [0.2, 0.25) is 5.91 Å². The van der Waals surface area contributed by atoms with Crippen LogP contribution in [0.2, 0.25) is 0 Å². The van der Waals surface area contributed by atoms with Gasteiger partial charge in [0.15, 0.2) is 0 Å². The third-order valence-electron chi connectivity index (χ3n) is 3.91. The first-order chi connectivity index (χ1) is 12.3. The predicted octanol–water partition coefficient (Wildman–Crippen LogP) is 4.28. The van der Waals surface area contributed by atoms with Gasteiger partial charge in [-0.05, 0) is 41.8 Å². The van der Waals surface area contributed by atoms with Gasteiger partial charge < -0.3 is 10.1 Å². The van der Waals surface area contributed by atoms with Crippen molar-refractivity contribution in [1.29, 1.82) is 0 Å². The summed E-state index contributed by atoms with van der Waals surface area (Å²) in [5, 5.41) is 2.69. The molecule has 26 heavy (non-hydrogen) atoms. The molecule has 0 aliphatic rings. The molecule has 0 aliphatic carbocycles. The molecule has 1 N–H and O–H groups in total. The summed E-state index contributed by atoms with van der Waals surface area (Å²) in [6.07, 6.45) is -4.41. The Balaban J connectivity index is 1.83. The average molecular weight is 369 g/mol. The molecule has 0 aromatic heterocycles. The molecule has 2 aromatic carbocycles. The molecular formula is C19H19F4NO2. The van der Waals surface area contributed by atoms with Gasteiger partial charge in [0.25, 0.3) is 0 Å². The zero-order valence-corrected chi connectivity index (χ0v) is 14.1. The molecule has 0 bridgehead atoms. The lowest BCUT2D eigenvalue weighted by Gasteiger charge is -2.16. The number of benzene rings is 2. The second-order valence-electron chi connectivity index (χ2n) is 5.78. The number of carbonyl (C=O) groups excluding carboxylic acids is 1. The van der Waals surface area contributed by atoms with Crippen LogP contribution in [0.5, 0.6) is 0 Å². The number of rotatable bonds is 7. The van der Waals surface area contributed by atoms with Gasteiger partial charge in [-0.2, -0.15) is 13.2 Å². The van der Waals surface area contributed by atoms with Crippen molar-refractivity contribution >= 4 is 5.91 Å². The monoisotopic (exact) mass is 369 g/mol. The van der Waals surface area contributed by atoms with Gasteiger partial charge in [-0.3, -0.25) is 4.79 Å². The Morgan fingerprint density at radius 2 is 1.85 bits per heavy atom. The smallest absolute Gasteiger partial charge is 0.375 e. The van der Waals surface area contributed by atoms with Crippen LogP contribution in [0.4, 0.5) is 17.6 Å². The molecule has 0 heterocycles. The quantitative estimate of drug-likeness (QED) is 0.740. The number of hydrogen-bond donors (Lipinski definition) is 1. The maximum Gasteiger partial charge on any atom is 0.416 e. The fourth-order valence-corrected chi connectivity index (χ4v) is 2.46. The molecule has 140 valence electrons. The van der Waals surface area contributed by atoms with Gasteiger partial charge in [0.1, 0.15) is 5.82 Å². The first-order valence-electron chi connectivity index (χ1n) is 8.00. The summed E-state index contributed by atoms with van der Waals surface area (Å²) in [7, 11) is 1.46. The number of carbonyl (C=O) groups is 1. The minimum absolute atomic E-state index is 0.130. The first kappa shape index (κ1) is 19.9. The van der Waals surface area contributed by atoms with Crippen LogP contribution in [0.15, 0.2) is 48.5 Å². The highest BCUT2D eigenvalue weighted by atomic mass is 19.4. The fourth-order valence-electron chi connectivity index (χ4n) is 2.46. The molecule has 1 unspecified atom stereocenters. The highest BCUT2D eigenvalue weighted by molar-refractivity contribution is 5.76. The van der Waals surface area contributed by atoms with Crippen LogP contribution in [-0.4, -0.2) is 19.6 Å². The largest absolute Gasteiger partial charge is 0.416 e. The van der Waals surface area contributed by atoms with Gasteiger partial charge >= 0.3 is 6.18 Å². The average Bonchev–Trinajstić information content (AvgIpc) is 2.60. The summed E-state index contributed by atoms with van der Waals surface area (Å²) < 4.78 is 56.0. The van der Waals surface area contributed by atoms with Gasteiger partial charge in [0, 0.05) is 20.1 Å². The lowest BCUT2D eigenvalue weighted by molar-refractivity contribution is -0.137. The zero-order valence-electron chi connectivity index (χ0n) is 14.1. The van der Waals surface area contributed by atoms with E-state index in [0.29, 0.717) is 17.5 Å². The highest BCUT2D eigenvalue weighted by Crippen LogP contribution is 2.29. The van der Waals surface area contributed by atoms with Crippen molar-refractivity contribution in [2.45, 2.75) is 25.1 Å². The van der Waals surface area contributed by atoms with E-state index in [4.69, 9.17) is 4.74 Å². The molecular weight excluding hydrogens is 350 g/mol. The van der Waals surface area contributed by atoms with Gasteiger partial charge in [-0.25, -0.2) is 4.39 Å². The van der Waals surface area contributed by atoms with E-state index in [1.54, 1.807) is 12.1 Å². The van der Waals surface area contributed by atoms with E-state index in [0.717, 1.165) is 12.1 Å². The van der Waals surface area contributed by atoms with E-state index >= 15 is 0 Å². The van der Waals surface area contributed by atoms with Gasteiger partial charge in [0.05, 0.1) is 11.7 Å². The number of ether oxygens (including phenoxy) is 1. The number of aryl methyl sites for hydroxylation is 1. The van der Waals surface area contributed by atoms with E-state index in [1.807, 2.05) is 0 Å². The lowest BCUT2D eigenvalue weighted by Crippen LogP contribution is -2.29. The number of hydrogen-bond acceptors (Lipinski definition) is 2. The van der Waals surface area contributed by atoms with Crippen LogP contribution < -0.4 is 5.32 Å². The lowest BCUT2D eigenvalue weighted by atomic mass is 10.1. The predicted molar refractivity (Wildman–Crippen MR) is 88.9 cm³/mol. The molecule has 1 atom stereocenters. The molecule has 3 nitrogen and oxygen atoms in total. The third-order valence-corrected chi connectivity index (χ3v) is 3.91. The zero-order chi connectivity index (χ0) is 19.2. The standard InChI is InChI=1S/C19H19F4NO2/c1-26-17(14-3-2-4-16(20)11-14)12-24-18(25)10-7-13-5-8-15(9-6-13)19(21,22)23/h2-6,8-9,11,17H,7,10,12H2,1H3,(H,24,25). The second-order valence-corrected chi connectivity index (χ2v) is 5.78. The molecule has 7 heteroatoms. The number of nitrogens with one attached hydrogen (secondary N) is 1. The van der Waals surface area contributed by atoms with Crippen LogP contribution >= 0.6 is 0 Å². The Morgan fingerprint density at radius 3 is 2.42 bits per heavy atom. The SMILES string of the molecule is COC(CNC(=O)CCc1ccc(C(F)(F)F)cc1)c1cccc(F)c1.